The van der Waals surface area contributed by atoms with Gasteiger partial charge in [-0.25, -0.2) is 4.39 Å². The summed E-state index contributed by atoms with van der Waals surface area (Å²) in [4.78, 5) is 12.8. The minimum Gasteiger partial charge on any atom is -0.287 e. The number of aryl methyl sites for hydroxylation is 2. The highest BCUT2D eigenvalue weighted by molar-refractivity contribution is 5.70. The average molecular weight is 294 g/mol. The third kappa shape index (κ3) is 2.55. The number of aromatic nitrogens is 2. The molecule has 3 aromatic rings. The second-order valence-corrected chi connectivity index (χ2v) is 5.22. The first kappa shape index (κ1) is 14.2. The lowest BCUT2D eigenvalue weighted by molar-refractivity contribution is 0.628. The second kappa shape index (κ2) is 5.56. The summed E-state index contributed by atoms with van der Waals surface area (Å²) in [6.07, 6.45) is 1.66. The maximum atomic E-state index is 13.1. The lowest BCUT2D eigenvalue weighted by Gasteiger charge is -2.09. The second-order valence-electron chi connectivity index (χ2n) is 5.22. The van der Waals surface area contributed by atoms with Crippen molar-refractivity contribution in [3.05, 3.63) is 76.3 Å². The Morgan fingerprint density at radius 1 is 1.00 bits per heavy atom. The minimum absolute atomic E-state index is 0.154. The number of halogens is 1. The number of hydrogen-bond donors (Lipinski definition) is 0. The van der Waals surface area contributed by atoms with Gasteiger partial charge < -0.3 is 0 Å². The van der Waals surface area contributed by atoms with Crippen molar-refractivity contribution in [2.45, 2.75) is 6.92 Å². The van der Waals surface area contributed by atoms with Crippen LogP contribution in [-0.4, -0.2) is 9.78 Å². The first-order chi connectivity index (χ1) is 10.6. The van der Waals surface area contributed by atoms with Gasteiger partial charge in [0.15, 0.2) is 0 Å². The van der Waals surface area contributed by atoms with Crippen molar-refractivity contribution >= 4 is 0 Å². The molecule has 0 aliphatic rings. The molecule has 3 rings (SSSR count). The van der Waals surface area contributed by atoms with Gasteiger partial charge in [-0.2, -0.15) is 5.10 Å². The quantitative estimate of drug-likeness (QED) is 0.724. The molecule has 0 spiro atoms. The van der Waals surface area contributed by atoms with Crippen molar-refractivity contribution in [3.8, 4) is 22.4 Å². The maximum Gasteiger partial charge on any atom is 0.215 e. The predicted molar refractivity (Wildman–Crippen MR) is 85.0 cm³/mol. The van der Waals surface area contributed by atoms with Gasteiger partial charge in [0, 0.05) is 24.4 Å². The average Bonchev–Trinajstić information content (AvgIpc) is 2.51. The standard InChI is InChI=1S/C18H15FN2O/c1-12-5-3-4-6-15(12)17-18(22)16(11-21(2)20-17)13-7-9-14(19)10-8-13/h3-11H,1-2H3. The smallest absolute Gasteiger partial charge is 0.215 e. The third-order valence-electron chi connectivity index (χ3n) is 3.59. The first-order valence-electron chi connectivity index (χ1n) is 6.96. The van der Waals surface area contributed by atoms with Crippen LogP contribution >= 0.6 is 0 Å². The van der Waals surface area contributed by atoms with Crippen LogP contribution in [0, 0.1) is 12.7 Å². The van der Waals surface area contributed by atoms with Gasteiger partial charge in [0.05, 0.1) is 0 Å². The van der Waals surface area contributed by atoms with E-state index in [9.17, 15) is 9.18 Å². The van der Waals surface area contributed by atoms with E-state index >= 15 is 0 Å². The van der Waals surface area contributed by atoms with Crippen LogP contribution in [0.2, 0.25) is 0 Å². The number of benzene rings is 2. The van der Waals surface area contributed by atoms with E-state index in [1.807, 2.05) is 31.2 Å². The summed E-state index contributed by atoms with van der Waals surface area (Å²) in [7, 11) is 1.77. The van der Waals surface area contributed by atoms with E-state index in [-0.39, 0.29) is 11.2 Å². The molecule has 0 aliphatic heterocycles. The normalized spacial score (nSPS) is 10.7. The molecule has 0 fully saturated rings. The van der Waals surface area contributed by atoms with Gasteiger partial charge in [0.2, 0.25) is 5.43 Å². The zero-order valence-corrected chi connectivity index (χ0v) is 12.4. The van der Waals surface area contributed by atoms with Crippen molar-refractivity contribution in [2.75, 3.05) is 0 Å². The summed E-state index contributed by atoms with van der Waals surface area (Å²) < 4.78 is 14.7. The highest BCUT2D eigenvalue weighted by atomic mass is 19.1. The van der Waals surface area contributed by atoms with Crippen LogP contribution in [-0.2, 0) is 7.05 Å². The Balaban J connectivity index is 2.25. The van der Waals surface area contributed by atoms with Crippen LogP contribution in [0.3, 0.4) is 0 Å². The Labute approximate surface area is 127 Å². The first-order valence-corrected chi connectivity index (χ1v) is 6.96. The van der Waals surface area contributed by atoms with E-state index in [0.29, 0.717) is 16.8 Å². The van der Waals surface area contributed by atoms with Crippen molar-refractivity contribution in [1.29, 1.82) is 0 Å². The van der Waals surface area contributed by atoms with Crippen LogP contribution < -0.4 is 5.43 Å². The summed E-state index contributed by atoms with van der Waals surface area (Å²) in [5.74, 6) is -0.325. The van der Waals surface area contributed by atoms with E-state index in [0.717, 1.165) is 11.1 Å². The summed E-state index contributed by atoms with van der Waals surface area (Å²) in [5, 5.41) is 4.34. The molecule has 0 unspecified atom stereocenters. The molecule has 110 valence electrons. The van der Waals surface area contributed by atoms with Crippen LogP contribution in [0.5, 0.6) is 0 Å². The van der Waals surface area contributed by atoms with Crippen molar-refractivity contribution < 1.29 is 4.39 Å². The van der Waals surface area contributed by atoms with Crippen molar-refractivity contribution in [3.63, 3.8) is 0 Å². The van der Waals surface area contributed by atoms with Crippen molar-refractivity contribution in [2.24, 2.45) is 7.05 Å². The van der Waals surface area contributed by atoms with E-state index < -0.39 is 0 Å². The molecule has 0 bridgehead atoms. The number of nitrogens with zero attached hydrogens (tertiary/aromatic N) is 2. The molecule has 0 radical (unpaired) electrons. The van der Waals surface area contributed by atoms with Gasteiger partial charge in [-0.1, -0.05) is 36.4 Å². The van der Waals surface area contributed by atoms with Crippen LogP contribution in [0.15, 0.2) is 59.5 Å². The molecule has 2 aromatic carbocycles. The molecule has 0 saturated heterocycles. The Hall–Kier alpha value is -2.75. The summed E-state index contributed by atoms with van der Waals surface area (Å²) in [6, 6.07) is 13.5. The minimum atomic E-state index is -0.325. The molecular formula is C18H15FN2O. The van der Waals surface area contributed by atoms with Gasteiger partial charge in [-0.05, 0) is 30.2 Å². The monoisotopic (exact) mass is 294 g/mol. The van der Waals surface area contributed by atoms with Gasteiger partial charge in [0.1, 0.15) is 11.5 Å². The number of hydrogen-bond acceptors (Lipinski definition) is 2. The van der Waals surface area contributed by atoms with Gasteiger partial charge in [-0.3, -0.25) is 9.48 Å². The Morgan fingerprint density at radius 3 is 2.36 bits per heavy atom. The Kier molecular flexibility index (Phi) is 3.59. The Bertz CT molecular complexity index is 882. The van der Waals surface area contributed by atoms with Gasteiger partial charge in [0.25, 0.3) is 0 Å². The van der Waals surface area contributed by atoms with Crippen LogP contribution in [0.1, 0.15) is 5.56 Å². The lowest BCUT2D eigenvalue weighted by Crippen LogP contribution is -2.15. The lowest BCUT2D eigenvalue weighted by atomic mass is 10.0. The largest absolute Gasteiger partial charge is 0.287 e. The van der Waals surface area contributed by atoms with E-state index in [1.54, 1.807) is 30.1 Å². The fourth-order valence-electron chi connectivity index (χ4n) is 2.45. The van der Waals surface area contributed by atoms with Gasteiger partial charge >= 0.3 is 0 Å². The van der Waals surface area contributed by atoms with E-state index in [1.165, 1.54) is 12.1 Å². The molecule has 4 heteroatoms. The third-order valence-corrected chi connectivity index (χ3v) is 3.59. The zero-order valence-electron chi connectivity index (χ0n) is 12.4. The van der Waals surface area contributed by atoms with Crippen LogP contribution in [0.4, 0.5) is 4.39 Å². The molecule has 1 heterocycles. The molecule has 0 N–H and O–H groups in total. The molecular weight excluding hydrogens is 279 g/mol. The fourth-order valence-corrected chi connectivity index (χ4v) is 2.45. The van der Waals surface area contributed by atoms with Crippen LogP contribution in [0.25, 0.3) is 22.4 Å². The topological polar surface area (TPSA) is 34.9 Å². The van der Waals surface area contributed by atoms with Gasteiger partial charge in [-0.15, -0.1) is 0 Å². The molecule has 0 saturated carbocycles. The predicted octanol–water partition coefficient (Wildman–Crippen LogP) is 3.56. The maximum absolute atomic E-state index is 13.1. The molecule has 0 atom stereocenters. The van der Waals surface area contributed by atoms with E-state index in [4.69, 9.17) is 0 Å². The zero-order chi connectivity index (χ0) is 15.7. The summed E-state index contributed by atoms with van der Waals surface area (Å²) in [6.45, 7) is 1.95. The molecule has 0 aliphatic carbocycles. The summed E-state index contributed by atoms with van der Waals surface area (Å²) in [5.41, 5.74) is 3.24. The SMILES string of the molecule is Cc1ccccc1-c1nn(C)cc(-c2ccc(F)cc2)c1=O. The Morgan fingerprint density at radius 2 is 1.68 bits per heavy atom. The molecule has 22 heavy (non-hydrogen) atoms. The molecule has 0 amide bonds. The molecule has 3 nitrogen and oxygen atoms in total. The molecule has 1 aromatic heterocycles. The highest BCUT2D eigenvalue weighted by Gasteiger charge is 2.13. The summed E-state index contributed by atoms with van der Waals surface area (Å²) >= 11 is 0. The number of rotatable bonds is 2. The van der Waals surface area contributed by atoms with Crippen molar-refractivity contribution in [1.82, 2.24) is 9.78 Å². The van der Waals surface area contributed by atoms with E-state index in [2.05, 4.69) is 5.10 Å². The highest BCUT2D eigenvalue weighted by Crippen LogP contribution is 2.21. The fraction of sp³-hybridized carbons (Fsp3) is 0.111.